The van der Waals surface area contributed by atoms with E-state index in [1.807, 2.05) is 0 Å². The molecule has 1 fully saturated rings. The molecule has 1 heterocycles. The van der Waals surface area contributed by atoms with E-state index in [0.717, 1.165) is 12.3 Å². The Morgan fingerprint density at radius 1 is 1.62 bits per heavy atom. The Hall–Kier alpha value is -1.36. The third kappa shape index (κ3) is 3.06. The summed E-state index contributed by atoms with van der Waals surface area (Å²) >= 11 is 0. The van der Waals surface area contributed by atoms with Crippen molar-refractivity contribution in [3.63, 3.8) is 0 Å². The second-order valence-electron chi connectivity index (χ2n) is 4.15. The number of carbonyl (C=O) groups is 1. The smallest absolute Gasteiger partial charge is 0.358 e. The van der Waals surface area contributed by atoms with Crippen molar-refractivity contribution < 1.29 is 9.53 Å². The SMILES string of the molecule is NCCn1cnc(C(=O)OCCC2CC2)c1. The van der Waals surface area contributed by atoms with Crippen molar-refractivity contribution in [2.75, 3.05) is 13.2 Å². The van der Waals surface area contributed by atoms with Gasteiger partial charge in [-0.3, -0.25) is 0 Å². The molecule has 1 aromatic rings. The Morgan fingerprint density at radius 3 is 3.12 bits per heavy atom. The largest absolute Gasteiger partial charge is 0.461 e. The molecule has 16 heavy (non-hydrogen) atoms. The van der Waals surface area contributed by atoms with Gasteiger partial charge in [0, 0.05) is 19.3 Å². The molecule has 1 saturated carbocycles. The zero-order valence-electron chi connectivity index (χ0n) is 9.26. The summed E-state index contributed by atoms with van der Waals surface area (Å²) in [5.74, 6) is 0.444. The van der Waals surface area contributed by atoms with Crippen LogP contribution in [-0.4, -0.2) is 28.7 Å². The van der Waals surface area contributed by atoms with Gasteiger partial charge in [-0.2, -0.15) is 0 Å². The van der Waals surface area contributed by atoms with Gasteiger partial charge in [0.2, 0.25) is 0 Å². The summed E-state index contributed by atoms with van der Waals surface area (Å²) in [4.78, 5) is 15.5. The van der Waals surface area contributed by atoms with E-state index in [-0.39, 0.29) is 5.97 Å². The fourth-order valence-corrected chi connectivity index (χ4v) is 1.54. The standard InChI is InChI=1S/C11H17N3O2/c12-4-5-14-7-10(13-8-14)11(15)16-6-3-9-1-2-9/h7-9H,1-6,12H2. The second-order valence-corrected chi connectivity index (χ2v) is 4.15. The van der Waals surface area contributed by atoms with Crippen molar-refractivity contribution in [3.8, 4) is 0 Å². The quantitative estimate of drug-likeness (QED) is 0.724. The lowest BCUT2D eigenvalue weighted by atomic mass is 10.3. The van der Waals surface area contributed by atoms with Gasteiger partial charge in [0.15, 0.2) is 5.69 Å². The molecule has 0 unspecified atom stereocenters. The fraction of sp³-hybridized carbons (Fsp3) is 0.636. The van der Waals surface area contributed by atoms with Gasteiger partial charge in [0.25, 0.3) is 0 Å². The Morgan fingerprint density at radius 2 is 2.44 bits per heavy atom. The van der Waals surface area contributed by atoms with E-state index in [1.165, 1.54) is 12.8 Å². The number of imidazole rings is 1. The topological polar surface area (TPSA) is 70.1 Å². The lowest BCUT2D eigenvalue weighted by molar-refractivity contribution is 0.0488. The molecule has 5 nitrogen and oxygen atoms in total. The molecular formula is C11H17N3O2. The predicted molar refractivity (Wildman–Crippen MR) is 58.9 cm³/mol. The molecule has 0 saturated heterocycles. The van der Waals surface area contributed by atoms with Crippen LogP contribution in [0.25, 0.3) is 0 Å². The Balaban J connectivity index is 1.77. The number of ether oxygens (including phenoxy) is 1. The first-order chi connectivity index (χ1) is 7.79. The first-order valence-corrected chi connectivity index (χ1v) is 5.68. The summed E-state index contributed by atoms with van der Waals surface area (Å²) < 4.78 is 6.91. The first kappa shape index (κ1) is 11.1. The van der Waals surface area contributed by atoms with Crippen LogP contribution in [0.5, 0.6) is 0 Å². The van der Waals surface area contributed by atoms with E-state index >= 15 is 0 Å². The molecule has 0 bridgehead atoms. The van der Waals surface area contributed by atoms with Crippen LogP contribution in [-0.2, 0) is 11.3 Å². The molecule has 5 heteroatoms. The zero-order chi connectivity index (χ0) is 11.4. The van der Waals surface area contributed by atoms with Crippen LogP contribution in [0.15, 0.2) is 12.5 Å². The Kier molecular flexibility index (Phi) is 3.56. The summed E-state index contributed by atoms with van der Waals surface area (Å²) in [7, 11) is 0. The van der Waals surface area contributed by atoms with Crippen LogP contribution in [0.1, 0.15) is 29.8 Å². The van der Waals surface area contributed by atoms with Gasteiger partial charge in [0.1, 0.15) is 0 Å². The molecule has 88 valence electrons. The summed E-state index contributed by atoms with van der Waals surface area (Å²) in [6, 6.07) is 0. The van der Waals surface area contributed by atoms with E-state index in [2.05, 4.69) is 4.98 Å². The van der Waals surface area contributed by atoms with E-state index in [4.69, 9.17) is 10.5 Å². The third-order valence-electron chi connectivity index (χ3n) is 2.69. The highest BCUT2D eigenvalue weighted by atomic mass is 16.5. The van der Waals surface area contributed by atoms with Gasteiger partial charge in [0.05, 0.1) is 12.9 Å². The Labute approximate surface area is 94.6 Å². The minimum atomic E-state index is -0.337. The monoisotopic (exact) mass is 223 g/mol. The van der Waals surface area contributed by atoms with Crippen LogP contribution in [0.3, 0.4) is 0 Å². The van der Waals surface area contributed by atoms with Gasteiger partial charge in [-0.1, -0.05) is 12.8 Å². The molecule has 0 atom stereocenters. The summed E-state index contributed by atoms with van der Waals surface area (Å²) in [6.45, 7) is 1.71. The fourth-order valence-electron chi connectivity index (χ4n) is 1.54. The van der Waals surface area contributed by atoms with Gasteiger partial charge in [-0.25, -0.2) is 9.78 Å². The molecule has 0 radical (unpaired) electrons. The molecule has 2 rings (SSSR count). The van der Waals surface area contributed by atoms with Crippen molar-refractivity contribution >= 4 is 5.97 Å². The maximum Gasteiger partial charge on any atom is 0.358 e. The minimum Gasteiger partial charge on any atom is -0.461 e. The molecule has 1 aliphatic rings. The molecule has 0 spiro atoms. The van der Waals surface area contributed by atoms with E-state index in [0.29, 0.717) is 25.4 Å². The molecule has 0 amide bonds. The van der Waals surface area contributed by atoms with Gasteiger partial charge < -0.3 is 15.0 Å². The normalized spacial score (nSPS) is 15.1. The summed E-state index contributed by atoms with van der Waals surface area (Å²) in [5, 5.41) is 0. The predicted octanol–water partition coefficient (Wildman–Crippen LogP) is 0.799. The van der Waals surface area contributed by atoms with Crippen molar-refractivity contribution in [2.24, 2.45) is 11.7 Å². The van der Waals surface area contributed by atoms with Crippen molar-refractivity contribution in [2.45, 2.75) is 25.8 Å². The van der Waals surface area contributed by atoms with Gasteiger partial charge in [-0.05, 0) is 12.3 Å². The third-order valence-corrected chi connectivity index (χ3v) is 2.69. The molecule has 0 aliphatic heterocycles. The summed E-state index contributed by atoms with van der Waals surface area (Å²) in [6.07, 6.45) is 6.82. The molecular weight excluding hydrogens is 206 g/mol. The van der Waals surface area contributed by atoms with Crippen LogP contribution in [0, 0.1) is 5.92 Å². The number of hydrogen-bond donors (Lipinski definition) is 1. The maximum absolute atomic E-state index is 11.5. The van der Waals surface area contributed by atoms with Crippen LogP contribution < -0.4 is 5.73 Å². The van der Waals surface area contributed by atoms with E-state index in [1.54, 1.807) is 17.1 Å². The average Bonchev–Trinajstić information content (AvgIpc) is 2.97. The highest BCUT2D eigenvalue weighted by molar-refractivity contribution is 5.86. The summed E-state index contributed by atoms with van der Waals surface area (Å²) in [5.41, 5.74) is 5.77. The van der Waals surface area contributed by atoms with E-state index < -0.39 is 0 Å². The first-order valence-electron chi connectivity index (χ1n) is 5.68. The second kappa shape index (κ2) is 5.12. The number of nitrogens with two attached hydrogens (primary N) is 1. The Bertz CT molecular complexity index is 358. The number of aromatic nitrogens is 2. The van der Waals surface area contributed by atoms with Crippen molar-refractivity contribution in [3.05, 3.63) is 18.2 Å². The number of esters is 1. The number of nitrogens with zero attached hydrogens (tertiary/aromatic N) is 2. The number of hydrogen-bond acceptors (Lipinski definition) is 4. The minimum absolute atomic E-state index is 0.337. The number of carbonyl (C=O) groups excluding carboxylic acids is 1. The molecule has 2 N–H and O–H groups in total. The van der Waals surface area contributed by atoms with Crippen molar-refractivity contribution in [1.29, 1.82) is 0 Å². The van der Waals surface area contributed by atoms with Crippen LogP contribution in [0.2, 0.25) is 0 Å². The highest BCUT2D eigenvalue weighted by Crippen LogP contribution is 2.32. The van der Waals surface area contributed by atoms with Gasteiger partial charge in [-0.15, -0.1) is 0 Å². The van der Waals surface area contributed by atoms with Crippen LogP contribution in [0.4, 0.5) is 0 Å². The molecule has 1 aromatic heterocycles. The van der Waals surface area contributed by atoms with Crippen LogP contribution >= 0.6 is 0 Å². The lowest BCUT2D eigenvalue weighted by Gasteiger charge is -2.01. The highest BCUT2D eigenvalue weighted by Gasteiger charge is 2.21. The van der Waals surface area contributed by atoms with Crippen molar-refractivity contribution in [1.82, 2.24) is 9.55 Å². The average molecular weight is 223 g/mol. The molecule has 1 aliphatic carbocycles. The molecule has 0 aromatic carbocycles. The maximum atomic E-state index is 11.5. The number of rotatable bonds is 6. The van der Waals surface area contributed by atoms with Gasteiger partial charge >= 0.3 is 5.97 Å². The zero-order valence-corrected chi connectivity index (χ0v) is 9.26. The van der Waals surface area contributed by atoms with E-state index in [9.17, 15) is 4.79 Å². The lowest BCUT2D eigenvalue weighted by Crippen LogP contribution is -2.09.